The van der Waals surface area contributed by atoms with Crippen LogP contribution in [-0.2, 0) is 0 Å². The van der Waals surface area contributed by atoms with E-state index in [0.29, 0.717) is 17.5 Å². The van der Waals surface area contributed by atoms with Gasteiger partial charge in [0.05, 0.1) is 0 Å². The van der Waals surface area contributed by atoms with Crippen LogP contribution in [-0.4, -0.2) is 47.2 Å². The molecule has 6 nitrogen and oxygen atoms in total. The molecule has 7 heteroatoms. The number of aryl methyl sites for hydroxylation is 1. The molecule has 2 aromatic rings. The Kier molecular flexibility index (Phi) is 5.26. The monoisotopic (exact) mass is 324 g/mol. The van der Waals surface area contributed by atoms with E-state index in [1.807, 2.05) is 31.0 Å². The number of carbonyl (C=O) groups is 1. The number of hydrogen-bond donors (Lipinski definition) is 2. The zero-order chi connectivity index (χ0) is 14.8. The summed E-state index contributed by atoms with van der Waals surface area (Å²) in [6, 6.07) is 5.88. The maximum absolute atomic E-state index is 12.5. The fraction of sp³-hybridized carbons (Fsp3) is 0.467. The quantitative estimate of drug-likeness (QED) is 0.908. The smallest absolute Gasteiger partial charge is 0.274 e. The lowest BCUT2D eigenvalue weighted by molar-refractivity contribution is 0.0692. The maximum Gasteiger partial charge on any atom is 0.274 e. The minimum atomic E-state index is -0.0271. The molecule has 1 atom stereocenters. The van der Waals surface area contributed by atoms with Gasteiger partial charge in [0.2, 0.25) is 0 Å². The average molecular weight is 325 g/mol. The molecule has 3 heterocycles. The van der Waals surface area contributed by atoms with E-state index in [2.05, 4.69) is 15.5 Å². The first-order valence-electron chi connectivity index (χ1n) is 7.26. The average Bonchev–Trinajstić information content (AvgIpc) is 3.15. The number of furan rings is 1. The van der Waals surface area contributed by atoms with E-state index in [9.17, 15) is 4.79 Å². The lowest BCUT2D eigenvalue weighted by atomic mass is 10.1. The predicted molar refractivity (Wildman–Crippen MR) is 86.3 cm³/mol. The van der Waals surface area contributed by atoms with E-state index >= 15 is 0 Å². The highest BCUT2D eigenvalue weighted by atomic mass is 35.5. The van der Waals surface area contributed by atoms with Crippen LogP contribution in [0.1, 0.15) is 29.1 Å². The Morgan fingerprint density at radius 1 is 1.50 bits per heavy atom. The number of hydrogen-bond acceptors (Lipinski definition) is 4. The van der Waals surface area contributed by atoms with Crippen molar-refractivity contribution in [2.24, 2.45) is 0 Å². The Bertz CT molecular complexity index is 637. The molecule has 0 aromatic carbocycles. The van der Waals surface area contributed by atoms with Crippen LogP contribution in [0.2, 0.25) is 0 Å². The molecule has 3 rings (SSSR count). The SMILES string of the molecule is CNC1CCCN(C(=O)c2cc(-c3ccc(C)o3)[nH]n2)C1.Cl. The van der Waals surface area contributed by atoms with E-state index in [-0.39, 0.29) is 18.3 Å². The van der Waals surface area contributed by atoms with Crippen molar-refractivity contribution < 1.29 is 9.21 Å². The Morgan fingerprint density at radius 2 is 2.32 bits per heavy atom. The van der Waals surface area contributed by atoms with Gasteiger partial charge in [-0.1, -0.05) is 0 Å². The van der Waals surface area contributed by atoms with Crippen molar-refractivity contribution in [3.63, 3.8) is 0 Å². The minimum absolute atomic E-state index is 0. The Morgan fingerprint density at radius 3 is 3.00 bits per heavy atom. The molecule has 0 radical (unpaired) electrons. The van der Waals surface area contributed by atoms with Crippen molar-refractivity contribution in [1.29, 1.82) is 0 Å². The number of likely N-dealkylation sites (tertiary alicyclic amines) is 1. The fourth-order valence-electron chi connectivity index (χ4n) is 2.70. The number of aromatic amines is 1. The molecule has 1 unspecified atom stereocenters. The van der Waals surface area contributed by atoms with Gasteiger partial charge in [-0.2, -0.15) is 5.10 Å². The van der Waals surface area contributed by atoms with Crippen molar-refractivity contribution in [1.82, 2.24) is 20.4 Å². The molecule has 2 aromatic heterocycles. The van der Waals surface area contributed by atoms with Gasteiger partial charge in [-0.15, -0.1) is 12.4 Å². The zero-order valence-electron chi connectivity index (χ0n) is 12.8. The molecule has 2 N–H and O–H groups in total. The molecule has 0 saturated carbocycles. The summed E-state index contributed by atoms with van der Waals surface area (Å²) in [5, 5.41) is 10.2. The van der Waals surface area contributed by atoms with Crippen molar-refractivity contribution in [3.8, 4) is 11.5 Å². The molecular weight excluding hydrogens is 304 g/mol. The van der Waals surface area contributed by atoms with Crippen LogP contribution in [0.15, 0.2) is 22.6 Å². The van der Waals surface area contributed by atoms with Crippen molar-refractivity contribution in [2.75, 3.05) is 20.1 Å². The number of nitrogens with one attached hydrogen (secondary N) is 2. The summed E-state index contributed by atoms with van der Waals surface area (Å²) in [6.45, 7) is 3.41. The molecule has 1 saturated heterocycles. The topological polar surface area (TPSA) is 74.2 Å². The van der Waals surface area contributed by atoms with Crippen LogP contribution in [0.25, 0.3) is 11.5 Å². The number of halogens is 1. The van der Waals surface area contributed by atoms with E-state index in [1.165, 1.54) is 0 Å². The maximum atomic E-state index is 12.5. The standard InChI is InChI=1S/C15H20N4O2.ClH/c1-10-5-6-14(21-10)12-8-13(18-17-12)15(20)19-7-3-4-11(9-19)16-2;/h5-6,8,11,16H,3-4,7,9H2,1-2H3,(H,17,18);1H. The second kappa shape index (κ2) is 6.98. The van der Waals surface area contributed by atoms with Gasteiger partial charge in [0, 0.05) is 25.2 Å². The normalized spacial score (nSPS) is 18.1. The van der Waals surface area contributed by atoms with Gasteiger partial charge in [-0.05, 0) is 38.9 Å². The first kappa shape index (κ1) is 16.6. The molecule has 0 aliphatic carbocycles. The number of carbonyl (C=O) groups excluding carboxylic acids is 1. The van der Waals surface area contributed by atoms with Gasteiger partial charge in [0.25, 0.3) is 5.91 Å². The summed E-state index contributed by atoms with van der Waals surface area (Å²) in [5.74, 6) is 1.51. The number of nitrogens with zero attached hydrogens (tertiary/aromatic N) is 2. The Hall–Kier alpha value is -1.79. The van der Waals surface area contributed by atoms with E-state index < -0.39 is 0 Å². The second-order valence-electron chi connectivity index (χ2n) is 5.46. The minimum Gasteiger partial charge on any atom is -0.460 e. The molecule has 1 fully saturated rings. The largest absolute Gasteiger partial charge is 0.460 e. The zero-order valence-corrected chi connectivity index (χ0v) is 13.6. The van der Waals surface area contributed by atoms with Crippen molar-refractivity contribution in [3.05, 3.63) is 29.7 Å². The van der Waals surface area contributed by atoms with Crippen LogP contribution in [0.5, 0.6) is 0 Å². The van der Waals surface area contributed by atoms with Crippen LogP contribution in [0.4, 0.5) is 0 Å². The van der Waals surface area contributed by atoms with Crippen LogP contribution >= 0.6 is 12.4 Å². The van der Waals surface area contributed by atoms with Gasteiger partial charge < -0.3 is 14.6 Å². The molecule has 22 heavy (non-hydrogen) atoms. The second-order valence-corrected chi connectivity index (χ2v) is 5.46. The van der Waals surface area contributed by atoms with Crippen molar-refractivity contribution >= 4 is 18.3 Å². The number of H-pyrrole nitrogens is 1. The Labute approximate surface area is 135 Å². The van der Waals surface area contributed by atoms with E-state index in [0.717, 1.165) is 37.4 Å². The molecule has 120 valence electrons. The van der Waals surface area contributed by atoms with E-state index in [1.54, 1.807) is 6.07 Å². The molecule has 1 aliphatic rings. The first-order valence-corrected chi connectivity index (χ1v) is 7.26. The molecule has 1 amide bonds. The number of rotatable bonds is 3. The lowest BCUT2D eigenvalue weighted by Gasteiger charge is -2.32. The summed E-state index contributed by atoms with van der Waals surface area (Å²) in [4.78, 5) is 14.4. The summed E-state index contributed by atoms with van der Waals surface area (Å²) in [6.07, 6.45) is 2.13. The molecular formula is C15H21ClN4O2. The van der Waals surface area contributed by atoms with Crippen molar-refractivity contribution in [2.45, 2.75) is 25.8 Å². The fourth-order valence-corrected chi connectivity index (χ4v) is 2.70. The third-order valence-electron chi connectivity index (χ3n) is 3.92. The summed E-state index contributed by atoms with van der Waals surface area (Å²) in [7, 11) is 1.94. The van der Waals surface area contributed by atoms with E-state index in [4.69, 9.17) is 4.42 Å². The predicted octanol–water partition coefficient (Wildman–Crippen LogP) is 2.22. The van der Waals surface area contributed by atoms with Crippen LogP contribution in [0.3, 0.4) is 0 Å². The number of piperidine rings is 1. The molecule has 0 bridgehead atoms. The van der Waals surface area contributed by atoms with Gasteiger partial charge in [-0.25, -0.2) is 0 Å². The van der Waals surface area contributed by atoms with Crippen LogP contribution in [0, 0.1) is 6.92 Å². The first-order chi connectivity index (χ1) is 10.2. The highest BCUT2D eigenvalue weighted by Gasteiger charge is 2.25. The molecule has 0 spiro atoms. The van der Waals surface area contributed by atoms with Crippen LogP contribution < -0.4 is 5.32 Å². The Balaban J connectivity index is 0.00000176. The highest BCUT2D eigenvalue weighted by Crippen LogP contribution is 2.21. The number of likely N-dealkylation sites (N-methyl/N-ethyl adjacent to an activating group) is 1. The lowest BCUT2D eigenvalue weighted by Crippen LogP contribution is -2.47. The third kappa shape index (κ3) is 3.34. The van der Waals surface area contributed by atoms with Gasteiger partial charge in [0.1, 0.15) is 11.5 Å². The van der Waals surface area contributed by atoms with Gasteiger partial charge in [-0.3, -0.25) is 9.89 Å². The van der Waals surface area contributed by atoms with Gasteiger partial charge in [0.15, 0.2) is 11.5 Å². The van der Waals surface area contributed by atoms with Gasteiger partial charge >= 0.3 is 0 Å². The number of amides is 1. The third-order valence-corrected chi connectivity index (χ3v) is 3.92. The highest BCUT2D eigenvalue weighted by molar-refractivity contribution is 5.93. The number of aromatic nitrogens is 2. The summed E-state index contributed by atoms with van der Waals surface area (Å²) >= 11 is 0. The molecule has 1 aliphatic heterocycles. The summed E-state index contributed by atoms with van der Waals surface area (Å²) in [5.41, 5.74) is 1.17. The summed E-state index contributed by atoms with van der Waals surface area (Å²) < 4.78 is 5.54.